The third-order valence-corrected chi connectivity index (χ3v) is 5.45. The van der Waals surface area contributed by atoms with Gasteiger partial charge in [0.1, 0.15) is 6.10 Å². The lowest BCUT2D eigenvalue weighted by atomic mass is 10.1. The van der Waals surface area contributed by atoms with Crippen molar-refractivity contribution in [3.63, 3.8) is 0 Å². The first kappa shape index (κ1) is 16.9. The summed E-state index contributed by atoms with van der Waals surface area (Å²) in [6.07, 6.45) is 3.98. The zero-order valence-electron chi connectivity index (χ0n) is 13.2. The van der Waals surface area contributed by atoms with E-state index < -0.39 is 8.07 Å². The van der Waals surface area contributed by atoms with Gasteiger partial charge in [-0.3, -0.25) is 0 Å². The summed E-state index contributed by atoms with van der Waals surface area (Å²) >= 11 is 0. The Morgan fingerprint density at radius 2 is 1.80 bits per heavy atom. The highest BCUT2D eigenvalue weighted by Crippen LogP contribution is 2.30. The molecule has 2 nitrogen and oxygen atoms in total. The number of nitrogens with zero attached hydrogens (tertiary/aromatic N) is 1. The van der Waals surface area contributed by atoms with Gasteiger partial charge in [0, 0.05) is 0 Å². The van der Waals surface area contributed by atoms with Gasteiger partial charge in [-0.05, 0) is 18.4 Å². The molecule has 0 amide bonds. The van der Waals surface area contributed by atoms with Gasteiger partial charge in [-0.2, -0.15) is 5.26 Å². The van der Waals surface area contributed by atoms with Gasteiger partial charge in [0.2, 0.25) is 0 Å². The second kappa shape index (κ2) is 8.24. The van der Waals surface area contributed by atoms with Crippen molar-refractivity contribution < 1.29 is 4.74 Å². The lowest BCUT2D eigenvalue weighted by Crippen LogP contribution is -2.35. The molecule has 0 aliphatic heterocycles. The first-order valence-corrected chi connectivity index (χ1v) is 11.2. The molecule has 2 atom stereocenters. The van der Waals surface area contributed by atoms with Crippen LogP contribution in [-0.2, 0) is 4.74 Å². The molecule has 1 aromatic carbocycles. The van der Waals surface area contributed by atoms with Gasteiger partial charge in [-0.25, -0.2) is 0 Å². The molecule has 0 aromatic heterocycles. The Morgan fingerprint density at radius 3 is 2.30 bits per heavy atom. The summed E-state index contributed by atoms with van der Waals surface area (Å²) in [6.45, 7) is 9.07. The van der Waals surface area contributed by atoms with Gasteiger partial charge in [0.25, 0.3) is 0 Å². The molecule has 1 rings (SSSR count). The molecule has 0 fully saturated rings. The van der Waals surface area contributed by atoms with Gasteiger partial charge in [-0.1, -0.05) is 69.7 Å². The van der Waals surface area contributed by atoms with Gasteiger partial charge in [0.15, 0.2) is 0 Å². The predicted molar refractivity (Wildman–Crippen MR) is 87.2 cm³/mol. The molecular weight excluding hydrogens is 262 g/mol. The van der Waals surface area contributed by atoms with Gasteiger partial charge >= 0.3 is 0 Å². The van der Waals surface area contributed by atoms with Crippen LogP contribution in [0, 0.1) is 11.3 Å². The number of unbranched alkanes of at least 4 members (excludes halogenated alkanes) is 2. The summed E-state index contributed by atoms with van der Waals surface area (Å²) in [4.78, 5) is 0. The molecule has 0 radical (unpaired) electrons. The number of ether oxygens (including phenoxy) is 1. The zero-order valence-corrected chi connectivity index (χ0v) is 14.2. The first-order valence-electron chi connectivity index (χ1n) is 7.59. The summed E-state index contributed by atoms with van der Waals surface area (Å²) in [5, 5.41) is 9.33. The maximum atomic E-state index is 9.33. The van der Waals surface area contributed by atoms with E-state index in [-0.39, 0.29) is 11.8 Å². The SMILES string of the molecule is CCCCCC(C#N)O[C@H](c1ccccc1)[Si](C)(C)C. The third kappa shape index (κ3) is 5.48. The minimum Gasteiger partial charge on any atom is -0.359 e. The maximum Gasteiger partial charge on any atom is 0.144 e. The quantitative estimate of drug-likeness (QED) is 0.493. The highest BCUT2D eigenvalue weighted by atomic mass is 28.3. The average Bonchev–Trinajstić information content (AvgIpc) is 2.42. The first-order chi connectivity index (χ1) is 9.49. The van der Waals surface area contributed by atoms with E-state index in [1.165, 1.54) is 18.4 Å². The Balaban J connectivity index is 2.78. The molecule has 1 aromatic rings. The van der Waals surface area contributed by atoms with Crippen LogP contribution in [0.3, 0.4) is 0 Å². The molecule has 0 heterocycles. The Labute approximate surface area is 124 Å². The van der Waals surface area contributed by atoms with Crippen LogP contribution < -0.4 is 0 Å². The summed E-state index contributed by atoms with van der Waals surface area (Å²) in [5.41, 5.74) is 1.30. The fourth-order valence-corrected chi connectivity index (χ4v) is 4.08. The predicted octanol–water partition coefficient (Wildman–Crippen LogP) is 5.09. The van der Waals surface area contributed by atoms with Crippen molar-refractivity contribution in [3.05, 3.63) is 35.9 Å². The molecule has 0 aliphatic carbocycles. The van der Waals surface area contributed by atoms with E-state index in [0.717, 1.165) is 12.8 Å². The number of hydrogen-bond acceptors (Lipinski definition) is 2. The van der Waals surface area contributed by atoms with Gasteiger partial charge in [-0.15, -0.1) is 0 Å². The normalized spacial score (nSPS) is 14.6. The second-order valence-electron chi connectivity index (χ2n) is 6.41. The van der Waals surface area contributed by atoms with Crippen LogP contribution >= 0.6 is 0 Å². The zero-order chi connectivity index (χ0) is 15.0. The van der Waals surface area contributed by atoms with Crippen molar-refractivity contribution in [2.75, 3.05) is 0 Å². The number of hydrogen-bond donors (Lipinski definition) is 0. The number of nitriles is 1. The number of benzene rings is 1. The molecule has 0 N–H and O–H groups in total. The third-order valence-electron chi connectivity index (χ3n) is 3.40. The highest BCUT2D eigenvalue weighted by molar-refractivity contribution is 6.77. The maximum absolute atomic E-state index is 9.33. The summed E-state index contributed by atoms with van der Waals surface area (Å²) in [6, 6.07) is 12.7. The summed E-state index contributed by atoms with van der Waals surface area (Å²) in [7, 11) is -1.53. The topological polar surface area (TPSA) is 33.0 Å². The van der Waals surface area contributed by atoms with E-state index in [2.05, 4.69) is 44.8 Å². The van der Waals surface area contributed by atoms with E-state index in [1.54, 1.807) is 0 Å². The molecule has 0 aliphatic rings. The van der Waals surface area contributed by atoms with E-state index in [9.17, 15) is 5.26 Å². The molecule has 110 valence electrons. The molecule has 3 heteroatoms. The molecule has 0 saturated heterocycles. The van der Waals surface area contributed by atoms with Crippen LogP contribution in [0.2, 0.25) is 19.6 Å². The van der Waals surface area contributed by atoms with E-state index in [4.69, 9.17) is 4.74 Å². The lowest BCUT2D eigenvalue weighted by Gasteiger charge is -2.31. The smallest absolute Gasteiger partial charge is 0.144 e. The largest absolute Gasteiger partial charge is 0.359 e. The van der Waals surface area contributed by atoms with Crippen molar-refractivity contribution in [3.8, 4) is 6.07 Å². The van der Waals surface area contributed by atoms with Gasteiger partial charge < -0.3 is 4.74 Å². The van der Waals surface area contributed by atoms with Crippen LogP contribution in [0.1, 0.15) is 43.9 Å². The van der Waals surface area contributed by atoms with Crippen molar-refractivity contribution in [2.24, 2.45) is 0 Å². The lowest BCUT2D eigenvalue weighted by molar-refractivity contribution is 0.0517. The second-order valence-corrected chi connectivity index (χ2v) is 11.7. The van der Waals surface area contributed by atoms with Crippen molar-refractivity contribution in [2.45, 2.75) is 64.1 Å². The average molecular weight is 289 g/mol. The summed E-state index contributed by atoms with van der Waals surface area (Å²) < 4.78 is 6.20. The molecule has 0 bridgehead atoms. The monoisotopic (exact) mass is 289 g/mol. The summed E-state index contributed by atoms with van der Waals surface area (Å²) in [5.74, 6) is 0. The van der Waals surface area contributed by atoms with Crippen LogP contribution in [0.25, 0.3) is 0 Å². The molecule has 0 spiro atoms. The fraction of sp³-hybridized carbons (Fsp3) is 0.588. The molecule has 20 heavy (non-hydrogen) atoms. The number of rotatable bonds is 8. The van der Waals surface area contributed by atoms with E-state index in [0.29, 0.717) is 0 Å². The van der Waals surface area contributed by atoms with E-state index >= 15 is 0 Å². The minimum absolute atomic E-state index is 0.0926. The van der Waals surface area contributed by atoms with Crippen molar-refractivity contribution >= 4 is 8.07 Å². The van der Waals surface area contributed by atoms with Crippen LogP contribution in [0.4, 0.5) is 0 Å². The Kier molecular flexibility index (Phi) is 6.98. The van der Waals surface area contributed by atoms with E-state index in [1.807, 2.05) is 18.2 Å². The molecule has 1 unspecified atom stereocenters. The van der Waals surface area contributed by atoms with Crippen molar-refractivity contribution in [1.82, 2.24) is 0 Å². The molecular formula is C17H27NOSi. The van der Waals surface area contributed by atoms with Crippen LogP contribution in [0.5, 0.6) is 0 Å². The minimum atomic E-state index is -1.53. The Morgan fingerprint density at radius 1 is 1.15 bits per heavy atom. The highest BCUT2D eigenvalue weighted by Gasteiger charge is 2.31. The van der Waals surface area contributed by atoms with Crippen molar-refractivity contribution in [1.29, 1.82) is 5.26 Å². The van der Waals surface area contributed by atoms with Crippen LogP contribution in [-0.4, -0.2) is 14.2 Å². The van der Waals surface area contributed by atoms with Gasteiger partial charge in [0.05, 0.1) is 19.9 Å². The fourth-order valence-electron chi connectivity index (χ4n) is 2.32. The Bertz CT molecular complexity index is 419. The Hall–Kier alpha value is -1.11. The van der Waals surface area contributed by atoms with Crippen LogP contribution in [0.15, 0.2) is 30.3 Å². The standard InChI is InChI=1S/C17H27NOSi/c1-5-6-8-13-16(14-18)19-17(20(2,3)4)15-11-9-7-10-12-15/h7,9-12,16-17H,5-6,8,13H2,1-4H3/t16?,17-/m0/s1. The molecule has 0 saturated carbocycles.